The van der Waals surface area contributed by atoms with Crippen LogP contribution in [0.1, 0.15) is 11.1 Å². The second-order valence-corrected chi connectivity index (χ2v) is 3.56. The van der Waals surface area contributed by atoms with Crippen LogP contribution in [0, 0.1) is 17.0 Å². The van der Waals surface area contributed by atoms with Crippen molar-refractivity contribution in [2.45, 2.75) is 13.3 Å². The molecule has 0 unspecified atom stereocenters. The van der Waals surface area contributed by atoms with Gasteiger partial charge in [-0.15, -0.1) is 0 Å². The van der Waals surface area contributed by atoms with Gasteiger partial charge in [0.2, 0.25) is 0 Å². The van der Waals surface area contributed by atoms with Gasteiger partial charge in [-0.05, 0) is 13.0 Å². The molecule has 14 heavy (non-hydrogen) atoms. The van der Waals surface area contributed by atoms with Gasteiger partial charge < -0.3 is 5.73 Å². The monoisotopic (exact) mass is 210 g/mol. The highest BCUT2D eigenvalue weighted by molar-refractivity contribution is 7.80. The summed E-state index contributed by atoms with van der Waals surface area (Å²) in [7, 11) is 0. The third-order valence-electron chi connectivity index (χ3n) is 1.80. The van der Waals surface area contributed by atoms with Gasteiger partial charge in [-0.25, -0.2) is 0 Å². The van der Waals surface area contributed by atoms with Crippen LogP contribution in [0.4, 0.5) is 5.69 Å². The molecular weight excluding hydrogens is 200 g/mol. The van der Waals surface area contributed by atoms with Crippen LogP contribution in [0.25, 0.3) is 0 Å². The quantitative estimate of drug-likeness (QED) is 0.468. The molecule has 0 saturated heterocycles. The minimum Gasteiger partial charge on any atom is -0.393 e. The third-order valence-corrected chi connectivity index (χ3v) is 1.94. The molecule has 0 heterocycles. The number of rotatable bonds is 3. The SMILES string of the molecule is Cc1ccc([N+](=O)[O-])c(CC(N)=S)c1. The number of nitrogens with two attached hydrogens (primary N) is 1. The van der Waals surface area contributed by atoms with Crippen molar-refractivity contribution >= 4 is 22.9 Å². The lowest BCUT2D eigenvalue weighted by Gasteiger charge is -2.02. The molecule has 1 aromatic carbocycles. The van der Waals surface area contributed by atoms with Crippen molar-refractivity contribution in [2.75, 3.05) is 0 Å². The summed E-state index contributed by atoms with van der Waals surface area (Å²) in [6.07, 6.45) is 0.271. The Morgan fingerprint density at radius 1 is 1.64 bits per heavy atom. The second-order valence-electron chi connectivity index (χ2n) is 3.03. The van der Waals surface area contributed by atoms with Crippen LogP contribution >= 0.6 is 12.2 Å². The summed E-state index contributed by atoms with van der Waals surface area (Å²) in [6.45, 7) is 1.87. The summed E-state index contributed by atoms with van der Waals surface area (Å²) in [5, 5.41) is 10.6. The van der Waals surface area contributed by atoms with E-state index in [1.165, 1.54) is 6.07 Å². The van der Waals surface area contributed by atoms with Gasteiger partial charge in [0.1, 0.15) is 0 Å². The molecule has 5 heteroatoms. The smallest absolute Gasteiger partial charge is 0.273 e. The molecule has 0 fully saturated rings. The predicted octanol–water partition coefficient (Wildman–Crippen LogP) is 1.73. The van der Waals surface area contributed by atoms with Crippen molar-refractivity contribution < 1.29 is 4.92 Å². The lowest BCUT2D eigenvalue weighted by molar-refractivity contribution is -0.385. The Morgan fingerprint density at radius 3 is 2.79 bits per heavy atom. The zero-order chi connectivity index (χ0) is 10.7. The Hall–Kier alpha value is -1.49. The number of thiocarbonyl (C=S) groups is 1. The third kappa shape index (κ3) is 2.50. The normalized spacial score (nSPS) is 9.79. The standard InChI is InChI=1S/C9H10N2O2S/c1-6-2-3-8(11(12)13)7(4-6)5-9(10)14/h2-4H,5H2,1H3,(H2,10,14). The zero-order valence-electron chi connectivity index (χ0n) is 7.69. The summed E-state index contributed by atoms with van der Waals surface area (Å²) in [5.41, 5.74) is 6.96. The molecule has 0 aliphatic carbocycles. The fourth-order valence-corrected chi connectivity index (χ4v) is 1.38. The van der Waals surface area contributed by atoms with Crippen molar-refractivity contribution in [3.05, 3.63) is 39.4 Å². The Kier molecular flexibility index (Phi) is 3.14. The Morgan fingerprint density at radius 2 is 2.29 bits per heavy atom. The highest BCUT2D eigenvalue weighted by atomic mass is 32.1. The van der Waals surface area contributed by atoms with E-state index in [0.717, 1.165) is 5.56 Å². The van der Waals surface area contributed by atoms with Gasteiger partial charge in [0.05, 0.1) is 9.91 Å². The lowest BCUT2D eigenvalue weighted by Crippen LogP contribution is -2.12. The van der Waals surface area contributed by atoms with Crippen molar-refractivity contribution in [3.8, 4) is 0 Å². The van der Waals surface area contributed by atoms with Gasteiger partial charge in [0.15, 0.2) is 0 Å². The minimum absolute atomic E-state index is 0.0726. The molecule has 0 atom stereocenters. The number of nitrogens with zero attached hydrogens (tertiary/aromatic N) is 1. The molecule has 0 aromatic heterocycles. The van der Waals surface area contributed by atoms with Gasteiger partial charge in [0, 0.05) is 18.1 Å². The van der Waals surface area contributed by atoms with E-state index in [0.29, 0.717) is 5.56 Å². The summed E-state index contributed by atoms with van der Waals surface area (Å²) in [6, 6.07) is 4.90. The lowest BCUT2D eigenvalue weighted by atomic mass is 10.1. The van der Waals surface area contributed by atoms with E-state index in [2.05, 4.69) is 0 Å². The van der Waals surface area contributed by atoms with Gasteiger partial charge in [-0.1, -0.05) is 23.8 Å². The Balaban J connectivity index is 3.15. The van der Waals surface area contributed by atoms with Gasteiger partial charge in [0.25, 0.3) is 5.69 Å². The fraction of sp³-hybridized carbons (Fsp3) is 0.222. The molecule has 1 rings (SSSR count). The summed E-state index contributed by atoms with van der Waals surface area (Å²) < 4.78 is 0. The first-order valence-corrected chi connectivity index (χ1v) is 4.43. The van der Waals surface area contributed by atoms with E-state index >= 15 is 0 Å². The van der Waals surface area contributed by atoms with E-state index < -0.39 is 4.92 Å². The van der Waals surface area contributed by atoms with Gasteiger partial charge >= 0.3 is 0 Å². The molecule has 1 aromatic rings. The van der Waals surface area contributed by atoms with Gasteiger partial charge in [-0.3, -0.25) is 10.1 Å². The fourth-order valence-electron chi connectivity index (χ4n) is 1.22. The molecule has 0 radical (unpaired) electrons. The first kappa shape index (κ1) is 10.6. The summed E-state index contributed by atoms with van der Waals surface area (Å²) >= 11 is 4.72. The van der Waals surface area contributed by atoms with E-state index in [9.17, 15) is 10.1 Å². The topological polar surface area (TPSA) is 69.2 Å². The molecule has 4 nitrogen and oxygen atoms in total. The molecular formula is C9H10N2O2S. The summed E-state index contributed by atoms with van der Waals surface area (Å²) in [5.74, 6) is 0. The second kappa shape index (κ2) is 4.15. The molecule has 2 N–H and O–H groups in total. The maximum Gasteiger partial charge on any atom is 0.273 e. The van der Waals surface area contributed by atoms with Crippen LogP contribution in [-0.2, 0) is 6.42 Å². The molecule has 0 saturated carbocycles. The first-order valence-electron chi connectivity index (χ1n) is 4.03. The molecule has 0 spiro atoms. The highest BCUT2D eigenvalue weighted by Gasteiger charge is 2.13. The number of hydrogen-bond acceptors (Lipinski definition) is 3. The summed E-state index contributed by atoms with van der Waals surface area (Å²) in [4.78, 5) is 10.5. The average molecular weight is 210 g/mol. The van der Waals surface area contributed by atoms with E-state index in [4.69, 9.17) is 18.0 Å². The molecule has 0 aliphatic rings. The molecule has 0 bridgehead atoms. The van der Waals surface area contributed by atoms with E-state index in [-0.39, 0.29) is 17.1 Å². The number of benzene rings is 1. The zero-order valence-corrected chi connectivity index (χ0v) is 8.50. The van der Waals surface area contributed by atoms with Crippen LogP contribution in [0.15, 0.2) is 18.2 Å². The van der Waals surface area contributed by atoms with Crippen LogP contribution in [0.3, 0.4) is 0 Å². The first-order chi connectivity index (χ1) is 6.50. The van der Waals surface area contributed by atoms with Crippen molar-refractivity contribution in [2.24, 2.45) is 5.73 Å². The molecule has 74 valence electrons. The van der Waals surface area contributed by atoms with E-state index in [1.807, 2.05) is 6.92 Å². The van der Waals surface area contributed by atoms with Crippen LogP contribution in [-0.4, -0.2) is 9.91 Å². The van der Waals surface area contributed by atoms with Gasteiger partial charge in [-0.2, -0.15) is 0 Å². The van der Waals surface area contributed by atoms with Crippen LogP contribution < -0.4 is 5.73 Å². The van der Waals surface area contributed by atoms with Crippen LogP contribution in [0.5, 0.6) is 0 Å². The highest BCUT2D eigenvalue weighted by Crippen LogP contribution is 2.20. The average Bonchev–Trinajstić information content (AvgIpc) is 2.01. The number of hydrogen-bond donors (Lipinski definition) is 1. The van der Waals surface area contributed by atoms with Crippen LogP contribution in [0.2, 0.25) is 0 Å². The predicted molar refractivity (Wildman–Crippen MR) is 58.3 cm³/mol. The maximum atomic E-state index is 10.6. The Bertz CT molecular complexity index is 390. The molecule has 0 amide bonds. The van der Waals surface area contributed by atoms with Crippen molar-refractivity contribution in [1.82, 2.24) is 0 Å². The molecule has 0 aliphatic heterocycles. The largest absolute Gasteiger partial charge is 0.393 e. The van der Waals surface area contributed by atoms with Crippen molar-refractivity contribution in [3.63, 3.8) is 0 Å². The number of nitro groups is 1. The maximum absolute atomic E-state index is 10.6. The number of aryl methyl sites for hydroxylation is 1. The Labute approximate surface area is 86.9 Å². The number of nitro benzene ring substituents is 1. The van der Waals surface area contributed by atoms with E-state index in [1.54, 1.807) is 12.1 Å². The minimum atomic E-state index is -0.424. The van der Waals surface area contributed by atoms with Crippen molar-refractivity contribution in [1.29, 1.82) is 0 Å².